The van der Waals surface area contributed by atoms with Crippen LogP contribution in [0.3, 0.4) is 0 Å². The molecule has 0 saturated carbocycles. The molecule has 25 heavy (non-hydrogen) atoms. The molecule has 0 aliphatic rings. The zero-order valence-electron chi connectivity index (χ0n) is 14.4. The van der Waals surface area contributed by atoms with E-state index in [1.54, 1.807) is 19.1 Å². The summed E-state index contributed by atoms with van der Waals surface area (Å²) < 4.78 is 9.42. The summed E-state index contributed by atoms with van der Waals surface area (Å²) in [5.74, 6) is -2.15. The monoisotopic (exact) mass is 343 g/mol. The van der Waals surface area contributed by atoms with Crippen LogP contribution in [0.25, 0.3) is 0 Å². The lowest BCUT2D eigenvalue weighted by Gasteiger charge is -2.25. The van der Waals surface area contributed by atoms with E-state index in [1.165, 1.54) is 12.1 Å². The van der Waals surface area contributed by atoms with E-state index in [-0.39, 0.29) is 12.2 Å². The maximum absolute atomic E-state index is 12.1. The molecule has 2 aromatic carbocycles. The molecule has 0 aliphatic carbocycles. The van der Waals surface area contributed by atoms with E-state index in [0.29, 0.717) is 0 Å². The van der Waals surface area contributed by atoms with E-state index < -0.39 is 17.5 Å². The second kappa shape index (κ2) is 7.81. The van der Waals surface area contributed by atoms with Crippen LogP contribution in [0.2, 0.25) is 0 Å². The molecular weight excluding hydrogens is 322 g/mol. The second-order valence-corrected chi connectivity index (χ2v) is 5.36. The van der Waals surface area contributed by atoms with Gasteiger partial charge in [0, 0.05) is 24.0 Å². The highest BCUT2D eigenvalue weighted by Crippen LogP contribution is 2.29. The number of ether oxygens (including phenoxy) is 2. The van der Waals surface area contributed by atoms with Gasteiger partial charge >= 0.3 is 11.9 Å². The van der Waals surface area contributed by atoms with Crippen LogP contribution in [-0.2, 0) is 24.7 Å². The number of aliphatic hydroxyl groups is 1. The molecule has 0 heterocycles. The van der Waals surface area contributed by atoms with Crippen molar-refractivity contribution < 1.29 is 24.2 Å². The number of methoxy groups -OCH3 is 1. The van der Waals surface area contributed by atoms with Crippen molar-refractivity contribution in [2.24, 2.45) is 0 Å². The second-order valence-electron chi connectivity index (χ2n) is 5.36. The minimum absolute atomic E-state index is 0.0347. The summed E-state index contributed by atoms with van der Waals surface area (Å²) in [6.07, 6.45) is 0. The fourth-order valence-electron chi connectivity index (χ4n) is 2.43. The highest BCUT2D eigenvalue weighted by Gasteiger charge is 2.48. The third-order valence-electron chi connectivity index (χ3n) is 3.87. The standard InChI is InChI=1S/C19H21NO5/c1-4-25-18(22)19(23,17(21)24-3)14-10-12-16(13-11-14)20(2)15-8-6-5-7-9-15/h5-13,23H,4H2,1-3H3/t19-/m1/s1. The van der Waals surface area contributed by atoms with Crippen molar-refractivity contribution in [1.82, 2.24) is 0 Å². The Morgan fingerprint density at radius 1 is 1.00 bits per heavy atom. The Kier molecular flexibility index (Phi) is 5.77. The Bertz CT molecular complexity index is 729. The van der Waals surface area contributed by atoms with Gasteiger partial charge in [-0.1, -0.05) is 30.3 Å². The van der Waals surface area contributed by atoms with Gasteiger partial charge in [-0.05, 0) is 31.2 Å². The number of carbonyl (C=O) groups excluding carboxylic acids is 2. The van der Waals surface area contributed by atoms with Crippen LogP contribution in [0, 0.1) is 0 Å². The number of esters is 2. The summed E-state index contributed by atoms with van der Waals surface area (Å²) in [7, 11) is 2.99. The van der Waals surface area contributed by atoms with Crippen LogP contribution in [0.5, 0.6) is 0 Å². The number of anilines is 2. The number of hydrogen-bond donors (Lipinski definition) is 1. The highest BCUT2D eigenvalue weighted by molar-refractivity contribution is 6.04. The Hall–Kier alpha value is -2.86. The summed E-state index contributed by atoms with van der Waals surface area (Å²) >= 11 is 0. The van der Waals surface area contributed by atoms with Crippen molar-refractivity contribution in [3.63, 3.8) is 0 Å². The van der Waals surface area contributed by atoms with Crippen molar-refractivity contribution in [3.8, 4) is 0 Å². The molecule has 0 unspecified atom stereocenters. The van der Waals surface area contributed by atoms with Gasteiger partial charge in [-0.15, -0.1) is 0 Å². The lowest BCUT2D eigenvalue weighted by atomic mass is 9.93. The first-order chi connectivity index (χ1) is 11.9. The van der Waals surface area contributed by atoms with Crippen LogP contribution >= 0.6 is 0 Å². The van der Waals surface area contributed by atoms with Crippen LogP contribution in [0.4, 0.5) is 11.4 Å². The maximum Gasteiger partial charge on any atom is 0.354 e. The zero-order valence-corrected chi connectivity index (χ0v) is 14.4. The summed E-state index contributed by atoms with van der Waals surface area (Å²) in [5.41, 5.74) is -0.605. The van der Waals surface area contributed by atoms with Gasteiger partial charge in [-0.25, -0.2) is 9.59 Å². The smallest absolute Gasteiger partial charge is 0.354 e. The molecule has 1 N–H and O–H groups in total. The number of benzene rings is 2. The third kappa shape index (κ3) is 3.64. The molecule has 0 spiro atoms. The minimum Gasteiger partial charge on any atom is -0.466 e. The maximum atomic E-state index is 12.1. The number of carbonyl (C=O) groups is 2. The molecule has 0 radical (unpaired) electrons. The topological polar surface area (TPSA) is 76.1 Å². The molecule has 0 bridgehead atoms. The van der Waals surface area contributed by atoms with Crippen molar-refractivity contribution in [2.75, 3.05) is 25.7 Å². The van der Waals surface area contributed by atoms with Gasteiger partial charge in [0.25, 0.3) is 5.60 Å². The van der Waals surface area contributed by atoms with E-state index >= 15 is 0 Å². The fraction of sp³-hybridized carbons (Fsp3) is 0.263. The predicted molar refractivity (Wildman–Crippen MR) is 93.5 cm³/mol. The molecule has 0 fully saturated rings. The van der Waals surface area contributed by atoms with E-state index in [4.69, 9.17) is 4.74 Å². The molecule has 0 aliphatic heterocycles. The van der Waals surface area contributed by atoms with Crippen LogP contribution < -0.4 is 4.90 Å². The van der Waals surface area contributed by atoms with Crippen molar-refractivity contribution >= 4 is 23.3 Å². The van der Waals surface area contributed by atoms with Crippen molar-refractivity contribution in [3.05, 3.63) is 60.2 Å². The molecule has 6 nitrogen and oxygen atoms in total. The van der Waals surface area contributed by atoms with Crippen LogP contribution in [0.1, 0.15) is 12.5 Å². The lowest BCUT2D eigenvalue weighted by Crippen LogP contribution is -2.45. The minimum atomic E-state index is -2.49. The lowest BCUT2D eigenvalue weighted by molar-refractivity contribution is -0.183. The molecule has 2 aromatic rings. The fourth-order valence-corrected chi connectivity index (χ4v) is 2.43. The summed E-state index contributed by atoms with van der Waals surface area (Å²) in [4.78, 5) is 26.1. The average Bonchev–Trinajstić information content (AvgIpc) is 2.67. The van der Waals surface area contributed by atoms with Gasteiger partial charge in [0.2, 0.25) is 0 Å². The largest absolute Gasteiger partial charge is 0.466 e. The number of para-hydroxylation sites is 1. The molecule has 0 aromatic heterocycles. The number of hydrogen-bond acceptors (Lipinski definition) is 6. The molecule has 1 atom stereocenters. The summed E-state index contributed by atoms with van der Waals surface area (Å²) in [6, 6.07) is 16.1. The van der Waals surface area contributed by atoms with E-state index in [1.807, 2.05) is 42.3 Å². The Labute approximate surface area is 146 Å². The van der Waals surface area contributed by atoms with E-state index in [2.05, 4.69) is 4.74 Å². The van der Waals surface area contributed by atoms with Gasteiger partial charge in [-0.3, -0.25) is 0 Å². The molecule has 132 valence electrons. The third-order valence-corrected chi connectivity index (χ3v) is 3.87. The average molecular weight is 343 g/mol. The molecular formula is C19H21NO5. The van der Waals surface area contributed by atoms with Crippen molar-refractivity contribution in [2.45, 2.75) is 12.5 Å². The van der Waals surface area contributed by atoms with E-state index in [9.17, 15) is 14.7 Å². The first-order valence-corrected chi connectivity index (χ1v) is 7.82. The SMILES string of the molecule is CCOC(=O)[C@](O)(C(=O)OC)c1ccc(N(C)c2ccccc2)cc1. The van der Waals surface area contributed by atoms with E-state index in [0.717, 1.165) is 18.5 Å². The first-order valence-electron chi connectivity index (χ1n) is 7.82. The van der Waals surface area contributed by atoms with Gasteiger partial charge in [0.1, 0.15) is 0 Å². The summed E-state index contributed by atoms with van der Waals surface area (Å²) in [6.45, 7) is 1.63. The Morgan fingerprint density at radius 3 is 2.08 bits per heavy atom. The zero-order chi connectivity index (χ0) is 18.4. The Morgan fingerprint density at radius 2 is 1.56 bits per heavy atom. The molecule has 2 rings (SSSR count). The first kappa shape index (κ1) is 18.5. The molecule has 0 saturated heterocycles. The molecule has 0 amide bonds. The highest BCUT2D eigenvalue weighted by atomic mass is 16.6. The van der Waals surface area contributed by atoms with Gasteiger partial charge in [0.15, 0.2) is 0 Å². The van der Waals surface area contributed by atoms with Crippen LogP contribution in [0.15, 0.2) is 54.6 Å². The van der Waals surface area contributed by atoms with Gasteiger partial charge in [0.05, 0.1) is 13.7 Å². The van der Waals surface area contributed by atoms with Crippen molar-refractivity contribution in [1.29, 1.82) is 0 Å². The van der Waals surface area contributed by atoms with Gasteiger partial charge < -0.3 is 19.5 Å². The van der Waals surface area contributed by atoms with Gasteiger partial charge in [-0.2, -0.15) is 0 Å². The molecule has 6 heteroatoms. The number of nitrogens with zero attached hydrogens (tertiary/aromatic N) is 1. The normalized spacial score (nSPS) is 12.8. The quantitative estimate of drug-likeness (QED) is 0.641. The number of rotatable bonds is 6. The Balaban J connectivity index is 2.35. The van der Waals surface area contributed by atoms with Crippen LogP contribution in [-0.4, -0.2) is 37.8 Å². The predicted octanol–water partition coefficient (Wildman–Crippen LogP) is 2.38. The summed E-state index contributed by atoms with van der Waals surface area (Å²) in [5, 5.41) is 10.6.